The van der Waals surface area contributed by atoms with Gasteiger partial charge >= 0.3 is 5.97 Å². The van der Waals surface area contributed by atoms with Crippen molar-refractivity contribution in [2.75, 3.05) is 12.4 Å². The molecule has 0 spiro atoms. The first-order chi connectivity index (χ1) is 11.7. The Hall–Kier alpha value is -2.40. The molecule has 3 rings (SSSR count). The van der Waals surface area contributed by atoms with E-state index in [1.54, 1.807) is 12.1 Å². The molecule has 0 aliphatic heterocycles. The van der Waals surface area contributed by atoms with Gasteiger partial charge in [-0.2, -0.15) is 0 Å². The van der Waals surface area contributed by atoms with Crippen LogP contribution in [0.2, 0.25) is 0 Å². The van der Waals surface area contributed by atoms with E-state index >= 15 is 0 Å². The summed E-state index contributed by atoms with van der Waals surface area (Å²) >= 11 is 5.45. The van der Waals surface area contributed by atoms with Crippen LogP contribution >= 0.6 is 12.2 Å². The molecule has 0 fully saturated rings. The monoisotopic (exact) mass is 340 g/mol. The molecule has 2 N–H and O–H groups in total. The molecule has 0 radical (unpaired) electrons. The van der Waals surface area contributed by atoms with E-state index in [0.29, 0.717) is 16.4 Å². The number of methoxy groups -OCH3 is 1. The Kier molecular flexibility index (Phi) is 5.11. The van der Waals surface area contributed by atoms with E-state index in [1.165, 1.54) is 18.2 Å². The highest BCUT2D eigenvalue weighted by Gasteiger charge is 2.20. The maximum atomic E-state index is 11.8. The summed E-state index contributed by atoms with van der Waals surface area (Å²) in [6.45, 7) is 0. The maximum Gasteiger partial charge on any atom is 0.339 e. The molecule has 0 saturated heterocycles. The van der Waals surface area contributed by atoms with Crippen molar-refractivity contribution in [2.45, 2.75) is 25.3 Å². The summed E-state index contributed by atoms with van der Waals surface area (Å²) in [7, 11) is 1.37. The summed E-state index contributed by atoms with van der Waals surface area (Å²) in [5, 5.41) is 7.01. The van der Waals surface area contributed by atoms with Crippen LogP contribution in [-0.4, -0.2) is 18.2 Å². The SMILES string of the molecule is COC(=O)c1ccccc1NC(=S)NC1CCCc2ccccc21. The first-order valence-electron chi connectivity index (χ1n) is 8.01. The van der Waals surface area contributed by atoms with Gasteiger partial charge in [-0.05, 0) is 54.7 Å². The van der Waals surface area contributed by atoms with Crippen LogP contribution in [0, 0.1) is 0 Å². The average Bonchev–Trinajstić information content (AvgIpc) is 2.62. The van der Waals surface area contributed by atoms with Crippen LogP contribution in [0.15, 0.2) is 48.5 Å². The first kappa shape index (κ1) is 16.5. The molecule has 2 aromatic carbocycles. The molecule has 0 heterocycles. The summed E-state index contributed by atoms with van der Waals surface area (Å²) in [6, 6.07) is 15.8. The van der Waals surface area contributed by atoms with Gasteiger partial charge in [-0.3, -0.25) is 0 Å². The molecular weight excluding hydrogens is 320 g/mol. The second kappa shape index (κ2) is 7.45. The van der Waals surface area contributed by atoms with Crippen LogP contribution in [0.4, 0.5) is 5.69 Å². The minimum atomic E-state index is -0.385. The zero-order valence-electron chi connectivity index (χ0n) is 13.5. The minimum absolute atomic E-state index is 0.195. The van der Waals surface area contributed by atoms with Gasteiger partial charge in [0.05, 0.1) is 24.4 Å². The third-order valence-corrected chi connectivity index (χ3v) is 4.48. The van der Waals surface area contributed by atoms with Gasteiger partial charge in [0.2, 0.25) is 0 Å². The lowest BCUT2D eigenvalue weighted by Crippen LogP contribution is -2.34. The van der Waals surface area contributed by atoms with Crippen LogP contribution in [0.1, 0.15) is 40.4 Å². The van der Waals surface area contributed by atoms with E-state index < -0.39 is 0 Å². The van der Waals surface area contributed by atoms with Gasteiger partial charge in [0.15, 0.2) is 5.11 Å². The van der Waals surface area contributed by atoms with Gasteiger partial charge in [-0.25, -0.2) is 4.79 Å². The molecule has 1 unspecified atom stereocenters. The van der Waals surface area contributed by atoms with E-state index in [-0.39, 0.29) is 12.0 Å². The van der Waals surface area contributed by atoms with E-state index in [4.69, 9.17) is 17.0 Å². The van der Waals surface area contributed by atoms with Gasteiger partial charge in [0.1, 0.15) is 0 Å². The average molecular weight is 340 g/mol. The van der Waals surface area contributed by atoms with Crippen LogP contribution in [0.5, 0.6) is 0 Å². The topological polar surface area (TPSA) is 50.4 Å². The van der Waals surface area contributed by atoms with Crippen molar-refractivity contribution in [3.63, 3.8) is 0 Å². The number of fused-ring (bicyclic) bond motifs is 1. The second-order valence-electron chi connectivity index (χ2n) is 5.78. The quantitative estimate of drug-likeness (QED) is 0.657. The lowest BCUT2D eigenvalue weighted by molar-refractivity contribution is 0.0602. The first-order valence-corrected chi connectivity index (χ1v) is 8.42. The molecule has 1 atom stereocenters. The number of carbonyl (C=O) groups excluding carboxylic acids is 1. The summed E-state index contributed by atoms with van der Waals surface area (Å²) in [4.78, 5) is 11.8. The fourth-order valence-electron chi connectivity index (χ4n) is 3.10. The normalized spacial score (nSPS) is 16.0. The Morgan fingerprint density at radius 1 is 1.17 bits per heavy atom. The third-order valence-electron chi connectivity index (χ3n) is 4.26. The Bertz CT molecular complexity index is 761. The van der Waals surface area contributed by atoms with Gasteiger partial charge < -0.3 is 15.4 Å². The lowest BCUT2D eigenvalue weighted by Gasteiger charge is -2.27. The molecule has 24 heavy (non-hydrogen) atoms. The number of ether oxygens (including phenoxy) is 1. The molecule has 0 aromatic heterocycles. The number of hydrogen-bond acceptors (Lipinski definition) is 3. The number of hydrogen-bond donors (Lipinski definition) is 2. The number of aryl methyl sites for hydroxylation is 1. The molecule has 4 nitrogen and oxygen atoms in total. The van der Waals surface area contributed by atoms with Gasteiger partial charge in [0.25, 0.3) is 0 Å². The number of esters is 1. The molecule has 0 amide bonds. The maximum absolute atomic E-state index is 11.8. The molecule has 1 aliphatic rings. The van der Waals surface area contributed by atoms with E-state index in [2.05, 4.69) is 34.9 Å². The van der Waals surface area contributed by atoms with Crippen LogP contribution in [-0.2, 0) is 11.2 Å². The highest BCUT2D eigenvalue weighted by Crippen LogP contribution is 2.29. The molecule has 0 saturated carbocycles. The smallest absolute Gasteiger partial charge is 0.339 e. The number of nitrogens with one attached hydrogen (secondary N) is 2. The predicted octanol–water partition coefficient (Wildman–Crippen LogP) is 3.84. The van der Waals surface area contributed by atoms with Crippen molar-refractivity contribution in [2.24, 2.45) is 0 Å². The summed E-state index contributed by atoms with van der Waals surface area (Å²) in [5.74, 6) is -0.385. The van der Waals surface area contributed by atoms with Crippen molar-refractivity contribution in [3.8, 4) is 0 Å². The fourth-order valence-corrected chi connectivity index (χ4v) is 3.35. The number of para-hydroxylation sites is 1. The van der Waals surface area contributed by atoms with E-state index in [1.807, 2.05) is 12.1 Å². The zero-order valence-corrected chi connectivity index (χ0v) is 14.4. The summed E-state index contributed by atoms with van der Waals surface area (Å²) < 4.78 is 4.81. The Morgan fingerprint density at radius 3 is 2.75 bits per heavy atom. The van der Waals surface area contributed by atoms with Crippen molar-refractivity contribution >= 4 is 29.0 Å². The Labute approximate surface area is 147 Å². The van der Waals surface area contributed by atoms with Crippen molar-refractivity contribution in [1.29, 1.82) is 0 Å². The highest BCUT2D eigenvalue weighted by atomic mass is 32.1. The molecule has 1 aliphatic carbocycles. The van der Waals surface area contributed by atoms with Crippen molar-refractivity contribution < 1.29 is 9.53 Å². The zero-order chi connectivity index (χ0) is 16.9. The number of anilines is 1. The number of thiocarbonyl (C=S) groups is 1. The number of benzene rings is 2. The largest absolute Gasteiger partial charge is 0.465 e. The van der Waals surface area contributed by atoms with E-state index in [9.17, 15) is 4.79 Å². The third kappa shape index (κ3) is 3.57. The van der Waals surface area contributed by atoms with Crippen LogP contribution in [0.25, 0.3) is 0 Å². The van der Waals surface area contributed by atoms with Crippen LogP contribution in [0.3, 0.4) is 0 Å². The van der Waals surface area contributed by atoms with Gasteiger partial charge in [-0.1, -0.05) is 36.4 Å². The van der Waals surface area contributed by atoms with Gasteiger partial charge in [-0.15, -0.1) is 0 Å². The van der Waals surface area contributed by atoms with Crippen LogP contribution < -0.4 is 10.6 Å². The Morgan fingerprint density at radius 2 is 1.92 bits per heavy atom. The lowest BCUT2D eigenvalue weighted by atomic mass is 9.88. The van der Waals surface area contributed by atoms with Crippen molar-refractivity contribution in [3.05, 3.63) is 65.2 Å². The standard InChI is InChI=1S/C19H20N2O2S/c1-23-18(22)15-10-4-5-11-17(15)21-19(24)20-16-12-6-8-13-7-2-3-9-14(13)16/h2-5,7,9-11,16H,6,8,12H2,1H3,(H2,20,21,24). The van der Waals surface area contributed by atoms with Gasteiger partial charge in [0, 0.05) is 0 Å². The number of carbonyl (C=O) groups is 1. The number of rotatable bonds is 3. The second-order valence-corrected chi connectivity index (χ2v) is 6.19. The molecular formula is C19H20N2O2S. The molecule has 2 aromatic rings. The van der Waals surface area contributed by atoms with E-state index in [0.717, 1.165) is 19.3 Å². The summed E-state index contributed by atoms with van der Waals surface area (Å²) in [6.07, 6.45) is 3.28. The highest BCUT2D eigenvalue weighted by molar-refractivity contribution is 7.80. The minimum Gasteiger partial charge on any atom is -0.465 e. The molecule has 0 bridgehead atoms. The summed E-state index contributed by atoms with van der Waals surface area (Å²) in [5.41, 5.74) is 3.78. The molecule has 124 valence electrons. The fraction of sp³-hybridized carbons (Fsp3) is 0.263. The van der Waals surface area contributed by atoms with Crippen molar-refractivity contribution in [1.82, 2.24) is 5.32 Å². The predicted molar refractivity (Wildman–Crippen MR) is 99.3 cm³/mol. The molecule has 5 heteroatoms. The Balaban J connectivity index is 1.73.